The van der Waals surface area contributed by atoms with Gasteiger partial charge in [0.15, 0.2) is 0 Å². The van der Waals surface area contributed by atoms with E-state index in [0.29, 0.717) is 12.5 Å². The third-order valence-electron chi connectivity index (χ3n) is 4.15. The zero-order valence-electron chi connectivity index (χ0n) is 14.2. The molecule has 0 aromatic carbocycles. The highest BCUT2D eigenvalue weighted by atomic mass is 16.2. The molecular weight excluding hydrogens is 248 g/mol. The van der Waals surface area contributed by atoms with Crippen LogP contribution in [0.1, 0.15) is 79.1 Å². The fourth-order valence-corrected chi connectivity index (χ4v) is 2.94. The summed E-state index contributed by atoms with van der Waals surface area (Å²) in [4.78, 5) is 15.1. The van der Waals surface area contributed by atoms with E-state index in [2.05, 4.69) is 32.6 Å². The van der Waals surface area contributed by atoms with Gasteiger partial charge in [-0.3, -0.25) is 4.79 Å². The van der Waals surface area contributed by atoms with Gasteiger partial charge in [0, 0.05) is 19.6 Å². The van der Waals surface area contributed by atoms with Crippen molar-refractivity contribution in [3.05, 3.63) is 0 Å². The predicted molar refractivity (Wildman–Crippen MR) is 87.7 cm³/mol. The van der Waals surface area contributed by atoms with Crippen LogP contribution < -0.4 is 5.73 Å². The summed E-state index contributed by atoms with van der Waals surface area (Å²) in [5, 5.41) is 0. The molecule has 2 N–H and O–H groups in total. The maximum atomic E-state index is 13.0. The summed E-state index contributed by atoms with van der Waals surface area (Å²) in [6.45, 7) is 10.9. The van der Waals surface area contributed by atoms with Gasteiger partial charge in [-0.15, -0.1) is 0 Å². The molecule has 0 bridgehead atoms. The molecule has 0 radical (unpaired) electrons. The van der Waals surface area contributed by atoms with E-state index in [1.807, 2.05) is 0 Å². The Morgan fingerprint density at radius 2 is 1.35 bits per heavy atom. The van der Waals surface area contributed by atoms with Crippen molar-refractivity contribution in [3.8, 4) is 0 Å². The van der Waals surface area contributed by atoms with Gasteiger partial charge in [-0.05, 0) is 25.7 Å². The summed E-state index contributed by atoms with van der Waals surface area (Å²) in [6.07, 6.45) is 8.34. The SMILES string of the molecule is CCCCN(CCCC)C(=O)C(CN)(CCC)CCC. The quantitative estimate of drug-likeness (QED) is 0.589. The lowest BCUT2D eigenvalue weighted by Gasteiger charge is -2.36. The fourth-order valence-electron chi connectivity index (χ4n) is 2.94. The topological polar surface area (TPSA) is 46.3 Å². The summed E-state index contributed by atoms with van der Waals surface area (Å²) < 4.78 is 0. The van der Waals surface area contributed by atoms with E-state index < -0.39 is 0 Å². The minimum atomic E-state index is -0.315. The van der Waals surface area contributed by atoms with E-state index in [9.17, 15) is 4.79 Å². The van der Waals surface area contributed by atoms with Crippen molar-refractivity contribution in [2.24, 2.45) is 11.1 Å². The third kappa shape index (κ3) is 5.82. The number of rotatable bonds is 12. The van der Waals surface area contributed by atoms with Crippen molar-refractivity contribution in [3.63, 3.8) is 0 Å². The Morgan fingerprint density at radius 3 is 1.65 bits per heavy atom. The van der Waals surface area contributed by atoms with Crippen molar-refractivity contribution in [1.82, 2.24) is 4.90 Å². The van der Waals surface area contributed by atoms with Crippen LogP contribution in [0.5, 0.6) is 0 Å². The maximum absolute atomic E-state index is 13.0. The molecule has 0 saturated carbocycles. The molecule has 0 spiro atoms. The molecule has 0 aliphatic rings. The van der Waals surface area contributed by atoms with Gasteiger partial charge in [0.1, 0.15) is 0 Å². The van der Waals surface area contributed by atoms with E-state index in [1.165, 1.54) is 0 Å². The number of nitrogens with two attached hydrogens (primary N) is 1. The Kier molecular flexibility index (Phi) is 10.8. The highest BCUT2D eigenvalue weighted by Gasteiger charge is 2.37. The lowest BCUT2D eigenvalue weighted by molar-refractivity contribution is -0.143. The number of hydrogen-bond donors (Lipinski definition) is 1. The number of carbonyl (C=O) groups is 1. The number of carbonyl (C=O) groups excluding carboxylic acids is 1. The average molecular weight is 284 g/mol. The fraction of sp³-hybridized carbons (Fsp3) is 0.941. The van der Waals surface area contributed by atoms with E-state index in [0.717, 1.165) is 64.5 Å². The Morgan fingerprint density at radius 1 is 0.900 bits per heavy atom. The standard InChI is InChI=1S/C17H36N2O/c1-5-9-13-19(14-10-6-2)16(20)17(15-18,11-7-3)12-8-4/h5-15,18H2,1-4H3. The van der Waals surface area contributed by atoms with E-state index in [4.69, 9.17) is 5.73 Å². The first-order chi connectivity index (χ1) is 9.61. The van der Waals surface area contributed by atoms with Crippen molar-refractivity contribution in [2.75, 3.05) is 19.6 Å². The molecule has 0 heterocycles. The second-order valence-electron chi connectivity index (χ2n) is 5.98. The van der Waals surface area contributed by atoms with E-state index in [-0.39, 0.29) is 5.41 Å². The average Bonchev–Trinajstić information content (AvgIpc) is 2.46. The molecule has 0 aromatic heterocycles. The zero-order valence-corrected chi connectivity index (χ0v) is 14.2. The number of hydrogen-bond acceptors (Lipinski definition) is 2. The summed E-state index contributed by atoms with van der Waals surface area (Å²) >= 11 is 0. The Bertz CT molecular complexity index is 239. The molecule has 0 aromatic rings. The van der Waals surface area contributed by atoms with Crippen molar-refractivity contribution < 1.29 is 4.79 Å². The maximum Gasteiger partial charge on any atom is 0.230 e. The molecule has 0 saturated heterocycles. The summed E-state index contributed by atoms with van der Waals surface area (Å²) in [5.74, 6) is 0.311. The second kappa shape index (κ2) is 11.1. The minimum absolute atomic E-state index is 0.311. The smallest absolute Gasteiger partial charge is 0.230 e. The van der Waals surface area contributed by atoms with Gasteiger partial charge in [-0.25, -0.2) is 0 Å². The van der Waals surface area contributed by atoms with E-state index in [1.54, 1.807) is 0 Å². The molecule has 0 aliphatic heterocycles. The normalized spacial score (nSPS) is 11.7. The minimum Gasteiger partial charge on any atom is -0.342 e. The highest BCUT2D eigenvalue weighted by Crippen LogP contribution is 2.31. The summed E-state index contributed by atoms with van der Waals surface area (Å²) in [5.41, 5.74) is 5.71. The molecular formula is C17H36N2O. The second-order valence-corrected chi connectivity index (χ2v) is 5.98. The lowest BCUT2D eigenvalue weighted by atomic mass is 9.77. The van der Waals surface area contributed by atoms with Crippen LogP contribution in [-0.2, 0) is 4.79 Å². The van der Waals surface area contributed by atoms with Crippen LogP contribution in [0.15, 0.2) is 0 Å². The Balaban J connectivity index is 4.99. The number of amides is 1. The third-order valence-corrected chi connectivity index (χ3v) is 4.15. The number of nitrogens with zero attached hydrogens (tertiary/aromatic N) is 1. The first-order valence-corrected chi connectivity index (χ1v) is 8.61. The molecule has 3 nitrogen and oxygen atoms in total. The van der Waals surface area contributed by atoms with Crippen molar-refractivity contribution >= 4 is 5.91 Å². The van der Waals surface area contributed by atoms with Gasteiger partial charge in [0.2, 0.25) is 5.91 Å². The van der Waals surface area contributed by atoms with Crippen molar-refractivity contribution in [1.29, 1.82) is 0 Å². The predicted octanol–water partition coefficient (Wildman–Crippen LogP) is 3.96. The lowest BCUT2D eigenvalue weighted by Crippen LogP contribution is -2.48. The van der Waals surface area contributed by atoms with Gasteiger partial charge < -0.3 is 10.6 Å². The molecule has 1 amide bonds. The Hall–Kier alpha value is -0.570. The first kappa shape index (κ1) is 19.4. The molecule has 3 heteroatoms. The molecule has 0 rings (SSSR count). The largest absolute Gasteiger partial charge is 0.342 e. The van der Waals surface area contributed by atoms with Gasteiger partial charge in [0.05, 0.1) is 5.41 Å². The molecule has 0 aliphatic carbocycles. The van der Waals surface area contributed by atoms with Crippen LogP contribution in [0.3, 0.4) is 0 Å². The monoisotopic (exact) mass is 284 g/mol. The summed E-state index contributed by atoms with van der Waals surface area (Å²) in [6, 6.07) is 0. The van der Waals surface area contributed by atoms with Crippen LogP contribution in [0.2, 0.25) is 0 Å². The first-order valence-electron chi connectivity index (χ1n) is 8.61. The molecule has 0 unspecified atom stereocenters. The molecule has 0 atom stereocenters. The van der Waals surface area contributed by atoms with Gasteiger partial charge in [-0.2, -0.15) is 0 Å². The molecule has 0 fully saturated rings. The zero-order chi connectivity index (χ0) is 15.4. The van der Waals surface area contributed by atoms with Crippen LogP contribution in [-0.4, -0.2) is 30.4 Å². The molecule has 120 valence electrons. The van der Waals surface area contributed by atoms with Gasteiger partial charge in [-0.1, -0.05) is 53.4 Å². The highest BCUT2D eigenvalue weighted by molar-refractivity contribution is 5.83. The number of unbranched alkanes of at least 4 members (excludes halogenated alkanes) is 2. The summed E-state index contributed by atoms with van der Waals surface area (Å²) in [7, 11) is 0. The molecule has 20 heavy (non-hydrogen) atoms. The van der Waals surface area contributed by atoms with Gasteiger partial charge >= 0.3 is 0 Å². The Labute approximate surface area is 126 Å². The van der Waals surface area contributed by atoms with Crippen LogP contribution in [0, 0.1) is 5.41 Å². The van der Waals surface area contributed by atoms with E-state index >= 15 is 0 Å². The van der Waals surface area contributed by atoms with Crippen molar-refractivity contribution in [2.45, 2.75) is 79.1 Å². The van der Waals surface area contributed by atoms with Crippen LogP contribution in [0.4, 0.5) is 0 Å². The van der Waals surface area contributed by atoms with Crippen LogP contribution >= 0.6 is 0 Å². The van der Waals surface area contributed by atoms with Gasteiger partial charge in [0.25, 0.3) is 0 Å². The van der Waals surface area contributed by atoms with Crippen LogP contribution in [0.25, 0.3) is 0 Å².